The fourth-order valence-electron chi connectivity index (χ4n) is 2.21. The molecule has 0 aliphatic rings. The van der Waals surface area contributed by atoms with E-state index in [0.29, 0.717) is 0 Å². The van der Waals surface area contributed by atoms with Crippen molar-refractivity contribution in [2.45, 2.75) is 65.2 Å². The third-order valence-corrected chi connectivity index (χ3v) is 3.36. The standard InChI is InChI=1S/C16H30N4/c1-3-5-6-7-8-9-10-11-12-18-16-13-15(17-4-2)19-14-20-16/h13-14H,3-12H2,1-2H3,(H2,17,18,19,20). The van der Waals surface area contributed by atoms with Crippen LogP contribution in [0.15, 0.2) is 12.4 Å². The summed E-state index contributed by atoms with van der Waals surface area (Å²) in [5, 5.41) is 6.56. The van der Waals surface area contributed by atoms with Gasteiger partial charge in [0.15, 0.2) is 0 Å². The van der Waals surface area contributed by atoms with E-state index in [1.165, 1.54) is 51.4 Å². The Hall–Kier alpha value is -1.32. The Kier molecular flexibility index (Phi) is 9.62. The molecule has 0 aliphatic carbocycles. The van der Waals surface area contributed by atoms with Gasteiger partial charge in [0.1, 0.15) is 18.0 Å². The van der Waals surface area contributed by atoms with E-state index in [1.807, 2.05) is 6.07 Å². The lowest BCUT2D eigenvalue weighted by atomic mass is 10.1. The number of hydrogen-bond donors (Lipinski definition) is 2. The molecule has 114 valence electrons. The molecule has 0 fully saturated rings. The summed E-state index contributed by atoms with van der Waals surface area (Å²) in [4.78, 5) is 8.39. The zero-order valence-electron chi connectivity index (χ0n) is 13.1. The van der Waals surface area contributed by atoms with Gasteiger partial charge in [0.05, 0.1) is 0 Å². The SMILES string of the molecule is CCCCCCCCCCNc1cc(NCC)ncn1. The van der Waals surface area contributed by atoms with E-state index in [4.69, 9.17) is 0 Å². The Bertz CT molecular complexity index is 341. The molecule has 0 aliphatic heterocycles. The van der Waals surface area contributed by atoms with Gasteiger partial charge in [0, 0.05) is 19.2 Å². The summed E-state index contributed by atoms with van der Waals surface area (Å²) < 4.78 is 0. The van der Waals surface area contributed by atoms with E-state index in [1.54, 1.807) is 6.33 Å². The smallest absolute Gasteiger partial charge is 0.131 e. The monoisotopic (exact) mass is 278 g/mol. The Labute approximate surface area is 123 Å². The molecular weight excluding hydrogens is 248 g/mol. The maximum Gasteiger partial charge on any atom is 0.131 e. The minimum atomic E-state index is 0.883. The van der Waals surface area contributed by atoms with Crippen molar-refractivity contribution in [3.63, 3.8) is 0 Å². The van der Waals surface area contributed by atoms with Crippen LogP contribution in [0.5, 0.6) is 0 Å². The zero-order valence-corrected chi connectivity index (χ0v) is 13.1. The van der Waals surface area contributed by atoms with Crippen molar-refractivity contribution in [1.82, 2.24) is 9.97 Å². The normalized spacial score (nSPS) is 10.5. The summed E-state index contributed by atoms with van der Waals surface area (Å²) in [5.74, 6) is 1.81. The maximum atomic E-state index is 4.23. The molecule has 0 atom stereocenters. The van der Waals surface area contributed by atoms with Gasteiger partial charge in [-0.3, -0.25) is 0 Å². The molecule has 0 radical (unpaired) electrons. The van der Waals surface area contributed by atoms with Crippen LogP contribution in [0.4, 0.5) is 11.6 Å². The first-order valence-corrected chi connectivity index (χ1v) is 8.16. The average molecular weight is 278 g/mol. The molecule has 0 saturated heterocycles. The first kappa shape index (κ1) is 16.7. The summed E-state index contributed by atoms with van der Waals surface area (Å²) >= 11 is 0. The number of aromatic nitrogens is 2. The van der Waals surface area contributed by atoms with Crippen LogP contribution >= 0.6 is 0 Å². The minimum absolute atomic E-state index is 0.883. The Balaban J connectivity index is 2.02. The van der Waals surface area contributed by atoms with Crippen LogP contribution in [0.2, 0.25) is 0 Å². The number of nitrogens with one attached hydrogen (secondary N) is 2. The topological polar surface area (TPSA) is 49.8 Å². The lowest BCUT2D eigenvalue weighted by molar-refractivity contribution is 0.581. The second-order valence-corrected chi connectivity index (χ2v) is 5.22. The predicted octanol–water partition coefficient (Wildman–Crippen LogP) is 4.46. The van der Waals surface area contributed by atoms with Gasteiger partial charge in [-0.05, 0) is 13.3 Å². The molecule has 1 rings (SSSR count). The number of hydrogen-bond acceptors (Lipinski definition) is 4. The highest BCUT2D eigenvalue weighted by Crippen LogP contribution is 2.10. The van der Waals surface area contributed by atoms with Crippen molar-refractivity contribution >= 4 is 11.6 Å². The van der Waals surface area contributed by atoms with Gasteiger partial charge in [-0.15, -0.1) is 0 Å². The van der Waals surface area contributed by atoms with Crippen LogP contribution in [0, 0.1) is 0 Å². The van der Waals surface area contributed by atoms with E-state index in [0.717, 1.165) is 24.7 Å². The summed E-state index contributed by atoms with van der Waals surface area (Å²) in [6.45, 7) is 6.21. The third-order valence-electron chi connectivity index (χ3n) is 3.36. The molecule has 20 heavy (non-hydrogen) atoms. The van der Waals surface area contributed by atoms with Crippen molar-refractivity contribution in [3.05, 3.63) is 12.4 Å². The molecule has 0 spiro atoms. The molecular formula is C16H30N4. The maximum absolute atomic E-state index is 4.23. The van der Waals surface area contributed by atoms with Gasteiger partial charge in [0.25, 0.3) is 0 Å². The van der Waals surface area contributed by atoms with E-state index in [9.17, 15) is 0 Å². The summed E-state index contributed by atoms with van der Waals surface area (Å²) in [6, 6.07) is 1.97. The van der Waals surface area contributed by atoms with Crippen molar-refractivity contribution in [2.24, 2.45) is 0 Å². The highest BCUT2D eigenvalue weighted by molar-refractivity contribution is 5.46. The van der Waals surface area contributed by atoms with Gasteiger partial charge in [-0.2, -0.15) is 0 Å². The number of nitrogens with zero attached hydrogens (tertiary/aromatic N) is 2. The molecule has 0 aromatic carbocycles. The zero-order chi connectivity index (χ0) is 14.5. The molecule has 0 amide bonds. The van der Waals surface area contributed by atoms with Crippen LogP contribution in [0.1, 0.15) is 65.2 Å². The molecule has 0 bridgehead atoms. The van der Waals surface area contributed by atoms with Crippen molar-refractivity contribution in [1.29, 1.82) is 0 Å². The van der Waals surface area contributed by atoms with Gasteiger partial charge in [-0.25, -0.2) is 9.97 Å². The molecule has 4 nitrogen and oxygen atoms in total. The van der Waals surface area contributed by atoms with Gasteiger partial charge in [0.2, 0.25) is 0 Å². The molecule has 1 aromatic rings. The Morgan fingerprint density at radius 3 is 2.05 bits per heavy atom. The number of anilines is 2. The molecule has 1 heterocycles. The Morgan fingerprint density at radius 1 is 0.800 bits per heavy atom. The van der Waals surface area contributed by atoms with Gasteiger partial charge < -0.3 is 10.6 Å². The summed E-state index contributed by atoms with van der Waals surface area (Å²) in [5.41, 5.74) is 0. The number of unbranched alkanes of at least 4 members (excludes halogenated alkanes) is 7. The lowest BCUT2D eigenvalue weighted by Gasteiger charge is -2.07. The van der Waals surface area contributed by atoms with Crippen LogP contribution in [-0.2, 0) is 0 Å². The van der Waals surface area contributed by atoms with Crippen LogP contribution < -0.4 is 10.6 Å². The second kappa shape index (κ2) is 11.5. The highest BCUT2D eigenvalue weighted by atomic mass is 15.1. The van der Waals surface area contributed by atoms with Crippen molar-refractivity contribution in [3.8, 4) is 0 Å². The minimum Gasteiger partial charge on any atom is -0.370 e. The predicted molar refractivity (Wildman–Crippen MR) is 87.3 cm³/mol. The fraction of sp³-hybridized carbons (Fsp3) is 0.750. The van der Waals surface area contributed by atoms with E-state index >= 15 is 0 Å². The first-order chi connectivity index (χ1) is 9.86. The van der Waals surface area contributed by atoms with Crippen LogP contribution in [0.3, 0.4) is 0 Å². The number of rotatable bonds is 12. The van der Waals surface area contributed by atoms with E-state index < -0.39 is 0 Å². The summed E-state index contributed by atoms with van der Waals surface area (Å²) in [7, 11) is 0. The first-order valence-electron chi connectivity index (χ1n) is 8.16. The van der Waals surface area contributed by atoms with Gasteiger partial charge >= 0.3 is 0 Å². The molecule has 0 saturated carbocycles. The molecule has 2 N–H and O–H groups in total. The molecule has 4 heteroatoms. The van der Waals surface area contributed by atoms with Crippen molar-refractivity contribution in [2.75, 3.05) is 23.7 Å². The quantitative estimate of drug-likeness (QED) is 0.554. The lowest BCUT2D eigenvalue weighted by Crippen LogP contribution is -2.05. The van der Waals surface area contributed by atoms with Crippen LogP contribution in [0.25, 0.3) is 0 Å². The van der Waals surface area contributed by atoms with Crippen molar-refractivity contribution < 1.29 is 0 Å². The van der Waals surface area contributed by atoms with E-state index in [-0.39, 0.29) is 0 Å². The molecule has 0 unspecified atom stereocenters. The second-order valence-electron chi connectivity index (χ2n) is 5.22. The Morgan fingerprint density at radius 2 is 1.40 bits per heavy atom. The largest absolute Gasteiger partial charge is 0.370 e. The van der Waals surface area contributed by atoms with Gasteiger partial charge in [-0.1, -0.05) is 51.9 Å². The average Bonchev–Trinajstić information content (AvgIpc) is 2.46. The summed E-state index contributed by atoms with van der Waals surface area (Å²) in [6.07, 6.45) is 12.4. The fourth-order valence-corrected chi connectivity index (χ4v) is 2.21. The highest BCUT2D eigenvalue weighted by Gasteiger charge is 1.97. The van der Waals surface area contributed by atoms with Crippen LogP contribution in [-0.4, -0.2) is 23.1 Å². The molecule has 1 aromatic heterocycles. The third kappa shape index (κ3) is 7.97. The van der Waals surface area contributed by atoms with E-state index in [2.05, 4.69) is 34.4 Å².